The maximum absolute atomic E-state index is 11.1. The zero-order valence-corrected chi connectivity index (χ0v) is 8.38. The topological polar surface area (TPSA) is 81.1 Å². The summed E-state index contributed by atoms with van der Waals surface area (Å²) in [5.74, 6) is -0.0461. The van der Waals surface area contributed by atoms with Crippen molar-refractivity contribution in [2.24, 2.45) is 11.5 Å². The molecular weight excluding hydrogens is 166 g/mol. The normalized spacial score (nSPS) is 12.5. The standard InChI is InChI=1S/C9H21N3O/c1-2-8(11)9(13)12-7-5-3-4-6-10/h8H,2-7,10-11H2,1H3,(H,12,13)/t8-/m0/s1. The van der Waals surface area contributed by atoms with Crippen LogP contribution < -0.4 is 16.8 Å². The van der Waals surface area contributed by atoms with Crippen molar-refractivity contribution >= 4 is 5.91 Å². The van der Waals surface area contributed by atoms with Gasteiger partial charge >= 0.3 is 0 Å². The summed E-state index contributed by atoms with van der Waals surface area (Å²) in [6, 6.07) is -0.352. The monoisotopic (exact) mass is 187 g/mol. The first-order valence-electron chi connectivity index (χ1n) is 4.95. The molecule has 0 heterocycles. The molecule has 0 unspecified atom stereocenters. The molecule has 0 aromatic carbocycles. The average molecular weight is 187 g/mol. The molecule has 0 rings (SSSR count). The summed E-state index contributed by atoms with van der Waals surface area (Å²) in [6.45, 7) is 3.34. The lowest BCUT2D eigenvalue weighted by atomic mass is 10.2. The Morgan fingerprint density at radius 1 is 1.38 bits per heavy atom. The molecule has 0 aliphatic heterocycles. The number of hydrogen-bond acceptors (Lipinski definition) is 3. The Kier molecular flexibility index (Phi) is 7.63. The van der Waals surface area contributed by atoms with E-state index in [4.69, 9.17) is 11.5 Å². The van der Waals surface area contributed by atoms with E-state index in [0.717, 1.165) is 25.8 Å². The third-order valence-corrected chi connectivity index (χ3v) is 1.96. The lowest BCUT2D eigenvalue weighted by molar-refractivity contribution is -0.122. The van der Waals surface area contributed by atoms with E-state index in [0.29, 0.717) is 13.0 Å². The number of nitrogens with one attached hydrogen (secondary N) is 1. The predicted molar refractivity (Wildman–Crippen MR) is 54.2 cm³/mol. The molecule has 13 heavy (non-hydrogen) atoms. The van der Waals surface area contributed by atoms with E-state index in [1.807, 2.05) is 6.92 Å². The average Bonchev–Trinajstić information content (AvgIpc) is 2.16. The van der Waals surface area contributed by atoms with E-state index in [9.17, 15) is 4.79 Å². The molecule has 0 radical (unpaired) electrons. The van der Waals surface area contributed by atoms with Gasteiger partial charge in [0.15, 0.2) is 0 Å². The second kappa shape index (κ2) is 8.01. The van der Waals surface area contributed by atoms with Crippen molar-refractivity contribution in [3.8, 4) is 0 Å². The minimum atomic E-state index is -0.352. The van der Waals surface area contributed by atoms with Gasteiger partial charge in [0.2, 0.25) is 5.91 Å². The van der Waals surface area contributed by atoms with Crippen molar-refractivity contribution in [2.75, 3.05) is 13.1 Å². The van der Waals surface area contributed by atoms with Crippen LogP contribution in [0.3, 0.4) is 0 Å². The lowest BCUT2D eigenvalue weighted by Crippen LogP contribution is -2.40. The number of unbranched alkanes of at least 4 members (excludes halogenated alkanes) is 2. The van der Waals surface area contributed by atoms with Crippen LogP contribution in [0.15, 0.2) is 0 Å². The van der Waals surface area contributed by atoms with Crippen LogP contribution in [0.4, 0.5) is 0 Å². The Morgan fingerprint density at radius 3 is 2.62 bits per heavy atom. The molecule has 0 aliphatic rings. The molecule has 4 nitrogen and oxygen atoms in total. The van der Waals surface area contributed by atoms with Crippen LogP contribution in [0.25, 0.3) is 0 Å². The van der Waals surface area contributed by atoms with Crippen LogP contribution >= 0.6 is 0 Å². The van der Waals surface area contributed by atoms with E-state index < -0.39 is 0 Å². The van der Waals surface area contributed by atoms with Gasteiger partial charge in [0.05, 0.1) is 6.04 Å². The van der Waals surface area contributed by atoms with E-state index in [-0.39, 0.29) is 11.9 Å². The van der Waals surface area contributed by atoms with Crippen LogP contribution in [-0.2, 0) is 4.79 Å². The van der Waals surface area contributed by atoms with Crippen molar-refractivity contribution in [3.05, 3.63) is 0 Å². The Hall–Kier alpha value is -0.610. The molecule has 4 heteroatoms. The van der Waals surface area contributed by atoms with Gasteiger partial charge in [0.1, 0.15) is 0 Å². The van der Waals surface area contributed by atoms with Crippen LogP contribution in [0.1, 0.15) is 32.6 Å². The second-order valence-electron chi connectivity index (χ2n) is 3.16. The fourth-order valence-corrected chi connectivity index (χ4v) is 0.974. The van der Waals surface area contributed by atoms with Gasteiger partial charge < -0.3 is 16.8 Å². The molecule has 1 atom stereocenters. The smallest absolute Gasteiger partial charge is 0.236 e. The van der Waals surface area contributed by atoms with Gasteiger partial charge in [-0.1, -0.05) is 13.3 Å². The Balaban J connectivity index is 3.27. The van der Waals surface area contributed by atoms with Crippen molar-refractivity contribution in [1.82, 2.24) is 5.32 Å². The molecule has 0 aromatic heterocycles. The minimum Gasteiger partial charge on any atom is -0.355 e. The van der Waals surface area contributed by atoms with Crippen molar-refractivity contribution < 1.29 is 4.79 Å². The molecule has 0 spiro atoms. The zero-order chi connectivity index (χ0) is 10.1. The van der Waals surface area contributed by atoms with Gasteiger partial charge in [-0.2, -0.15) is 0 Å². The van der Waals surface area contributed by atoms with Crippen LogP contribution in [0.5, 0.6) is 0 Å². The molecule has 0 bridgehead atoms. The van der Waals surface area contributed by atoms with Crippen molar-refractivity contribution in [2.45, 2.75) is 38.6 Å². The first kappa shape index (κ1) is 12.4. The van der Waals surface area contributed by atoms with Crippen LogP contribution in [0.2, 0.25) is 0 Å². The van der Waals surface area contributed by atoms with E-state index in [1.54, 1.807) is 0 Å². The second-order valence-corrected chi connectivity index (χ2v) is 3.16. The maximum atomic E-state index is 11.1. The quantitative estimate of drug-likeness (QED) is 0.489. The highest BCUT2D eigenvalue weighted by molar-refractivity contribution is 5.81. The fraction of sp³-hybridized carbons (Fsp3) is 0.889. The van der Waals surface area contributed by atoms with Crippen molar-refractivity contribution in [1.29, 1.82) is 0 Å². The Labute approximate surface area is 80.0 Å². The van der Waals surface area contributed by atoms with E-state index in [2.05, 4.69) is 5.32 Å². The number of carbonyl (C=O) groups excluding carboxylic acids is 1. The summed E-state index contributed by atoms with van der Waals surface area (Å²) in [4.78, 5) is 11.1. The van der Waals surface area contributed by atoms with E-state index in [1.165, 1.54) is 0 Å². The summed E-state index contributed by atoms with van der Waals surface area (Å²) in [6.07, 6.45) is 3.77. The SMILES string of the molecule is CC[C@H](N)C(=O)NCCCCCN. The number of amides is 1. The van der Waals surface area contributed by atoms with Gasteiger partial charge in [-0.3, -0.25) is 4.79 Å². The summed E-state index contributed by atoms with van der Waals surface area (Å²) in [5.41, 5.74) is 10.9. The zero-order valence-electron chi connectivity index (χ0n) is 8.38. The number of rotatable bonds is 7. The first-order chi connectivity index (χ1) is 6.22. The molecule has 5 N–H and O–H groups in total. The summed E-state index contributed by atoms with van der Waals surface area (Å²) >= 11 is 0. The molecule has 0 aromatic rings. The van der Waals surface area contributed by atoms with Gasteiger partial charge in [-0.15, -0.1) is 0 Å². The lowest BCUT2D eigenvalue weighted by Gasteiger charge is -2.09. The molecule has 0 fully saturated rings. The van der Waals surface area contributed by atoms with Gasteiger partial charge in [0, 0.05) is 6.54 Å². The third kappa shape index (κ3) is 6.54. The fourth-order valence-electron chi connectivity index (χ4n) is 0.974. The number of hydrogen-bond donors (Lipinski definition) is 3. The highest BCUT2D eigenvalue weighted by Gasteiger charge is 2.08. The summed E-state index contributed by atoms with van der Waals surface area (Å²) in [7, 11) is 0. The first-order valence-corrected chi connectivity index (χ1v) is 4.95. The molecule has 78 valence electrons. The molecular formula is C9H21N3O. The van der Waals surface area contributed by atoms with Gasteiger partial charge in [0.25, 0.3) is 0 Å². The summed E-state index contributed by atoms with van der Waals surface area (Å²) < 4.78 is 0. The third-order valence-electron chi connectivity index (χ3n) is 1.96. The van der Waals surface area contributed by atoms with Gasteiger partial charge in [-0.25, -0.2) is 0 Å². The highest BCUT2D eigenvalue weighted by Crippen LogP contribution is 1.92. The largest absolute Gasteiger partial charge is 0.355 e. The highest BCUT2D eigenvalue weighted by atomic mass is 16.2. The Morgan fingerprint density at radius 2 is 2.08 bits per heavy atom. The van der Waals surface area contributed by atoms with Crippen molar-refractivity contribution in [3.63, 3.8) is 0 Å². The van der Waals surface area contributed by atoms with Crippen LogP contribution in [0, 0.1) is 0 Å². The number of carbonyl (C=O) groups is 1. The predicted octanol–water partition coefficient (Wildman–Crippen LogP) is -0.0311. The molecule has 0 saturated carbocycles. The maximum Gasteiger partial charge on any atom is 0.236 e. The minimum absolute atomic E-state index is 0.0461. The molecule has 1 amide bonds. The van der Waals surface area contributed by atoms with Gasteiger partial charge in [-0.05, 0) is 25.8 Å². The van der Waals surface area contributed by atoms with E-state index >= 15 is 0 Å². The molecule has 0 aliphatic carbocycles. The summed E-state index contributed by atoms with van der Waals surface area (Å²) in [5, 5.41) is 2.79. The molecule has 0 saturated heterocycles. The van der Waals surface area contributed by atoms with Crippen LogP contribution in [-0.4, -0.2) is 25.0 Å². The number of nitrogens with two attached hydrogens (primary N) is 2. The Bertz CT molecular complexity index is 139.